The summed E-state index contributed by atoms with van der Waals surface area (Å²) < 4.78 is 2.34. The average Bonchev–Trinajstić information content (AvgIpc) is 1.95. The molecule has 0 spiro atoms. The Morgan fingerprint density at radius 1 is 1.20 bits per heavy atom. The third-order valence-corrected chi connectivity index (χ3v) is 3.68. The van der Waals surface area contributed by atoms with E-state index in [4.69, 9.17) is 0 Å². The Bertz CT molecular complexity index is 92.9. The lowest BCUT2D eigenvalue weighted by Gasteiger charge is -2.30. The van der Waals surface area contributed by atoms with Gasteiger partial charge in [-0.3, -0.25) is 0 Å². The molecule has 1 saturated heterocycles. The highest BCUT2D eigenvalue weighted by molar-refractivity contribution is 9.04. The molecule has 0 bridgehead atoms. The lowest BCUT2D eigenvalue weighted by atomic mass is 10.4. The molecule has 0 N–H and O–H groups in total. The molecule has 0 atom stereocenters. The molecule has 0 radical (unpaired) electrons. The van der Waals surface area contributed by atoms with Crippen LogP contribution >= 0.6 is 32.5 Å². The normalized spacial score (nSPS) is 23.4. The van der Waals surface area contributed by atoms with E-state index in [1.807, 2.05) is 0 Å². The topological polar surface area (TPSA) is 6.48 Å². The lowest BCUT2D eigenvalue weighted by Crippen LogP contribution is -2.40. The minimum Gasteiger partial charge on any atom is -0.304 e. The first-order valence-corrected chi connectivity index (χ1v) is 6.40. The first-order valence-electron chi connectivity index (χ1n) is 3.24. The Kier molecular flexibility index (Phi) is 4.32. The van der Waals surface area contributed by atoms with E-state index in [1.165, 1.54) is 22.9 Å². The zero-order valence-corrected chi connectivity index (χ0v) is 8.51. The molecule has 1 heterocycles. The summed E-state index contributed by atoms with van der Waals surface area (Å²) in [7, 11) is 5.43. The van der Waals surface area contributed by atoms with Crippen LogP contribution in [-0.4, -0.2) is 42.4 Å². The Balaban J connectivity index is 2.13. The van der Waals surface area contributed by atoms with E-state index in [0.29, 0.717) is 0 Å². The molecular formula is C5H12N2S3. The van der Waals surface area contributed by atoms with Crippen molar-refractivity contribution in [3.8, 4) is 0 Å². The summed E-state index contributed by atoms with van der Waals surface area (Å²) in [6.07, 6.45) is 0. The number of hydrogen-bond acceptors (Lipinski definition) is 5. The van der Waals surface area contributed by atoms with Crippen molar-refractivity contribution in [1.82, 2.24) is 9.21 Å². The fourth-order valence-electron chi connectivity index (χ4n) is 0.910. The average molecular weight is 196 g/mol. The second-order valence-electron chi connectivity index (χ2n) is 2.38. The fourth-order valence-corrected chi connectivity index (χ4v) is 2.90. The molecule has 1 rings (SSSR count). The molecule has 1 fully saturated rings. The number of piperazine rings is 1. The van der Waals surface area contributed by atoms with Gasteiger partial charge in [-0.2, -0.15) is 0 Å². The van der Waals surface area contributed by atoms with Crippen molar-refractivity contribution in [2.75, 3.05) is 33.2 Å². The summed E-state index contributed by atoms with van der Waals surface area (Å²) >= 11 is 4.08. The standard InChI is InChI=1S/C5H12N2S3/c1-6-2-4-7(5-3-6)9-10-8/h8H,2-5H2,1H3. The molecule has 1 aliphatic rings. The Hall–Kier alpha value is 0.970. The van der Waals surface area contributed by atoms with Gasteiger partial charge in [-0.15, -0.1) is 0 Å². The molecule has 0 aliphatic carbocycles. The van der Waals surface area contributed by atoms with Crippen molar-refractivity contribution in [2.45, 2.75) is 0 Å². The highest BCUT2D eigenvalue weighted by atomic mass is 33.5. The van der Waals surface area contributed by atoms with Gasteiger partial charge in [0.25, 0.3) is 0 Å². The van der Waals surface area contributed by atoms with Crippen LogP contribution in [-0.2, 0) is 0 Å². The zero-order chi connectivity index (χ0) is 7.40. The number of nitrogens with zero attached hydrogens (tertiary/aromatic N) is 2. The van der Waals surface area contributed by atoms with Crippen LogP contribution in [0.2, 0.25) is 0 Å². The Labute approximate surface area is 75.0 Å². The van der Waals surface area contributed by atoms with Crippen LogP contribution in [0.1, 0.15) is 0 Å². The van der Waals surface area contributed by atoms with Gasteiger partial charge in [0, 0.05) is 37.2 Å². The van der Waals surface area contributed by atoms with Gasteiger partial charge in [-0.05, 0) is 16.9 Å². The minimum atomic E-state index is 1.16. The molecule has 0 saturated carbocycles. The van der Waals surface area contributed by atoms with Gasteiger partial charge in [-0.1, -0.05) is 11.7 Å². The van der Waals surface area contributed by atoms with E-state index in [2.05, 4.69) is 27.9 Å². The summed E-state index contributed by atoms with van der Waals surface area (Å²) in [6, 6.07) is 0. The van der Waals surface area contributed by atoms with Gasteiger partial charge in [0.2, 0.25) is 0 Å². The molecule has 2 nitrogen and oxygen atoms in total. The lowest BCUT2D eigenvalue weighted by molar-refractivity contribution is 0.235. The van der Waals surface area contributed by atoms with Crippen LogP contribution in [0.25, 0.3) is 0 Å². The van der Waals surface area contributed by atoms with Crippen molar-refractivity contribution in [2.24, 2.45) is 0 Å². The first kappa shape index (κ1) is 9.06. The van der Waals surface area contributed by atoms with Crippen LogP contribution in [0, 0.1) is 0 Å². The smallest absolute Gasteiger partial charge is 0.0226 e. The molecule has 60 valence electrons. The number of rotatable bonds is 2. The molecule has 0 aromatic heterocycles. The number of likely N-dealkylation sites (N-methyl/N-ethyl adjacent to an activating group) is 1. The van der Waals surface area contributed by atoms with Crippen LogP contribution in [0.5, 0.6) is 0 Å². The highest BCUT2D eigenvalue weighted by Crippen LogP contribution is 2.29. The largest absolute Gasteiger partial charge is 0.304 e. The van der Waals surface area contributed by atoms with Crippen molar-refractivity contribution >= 4 is 32.5 Å². The van der Waals surface area contributed by atoms with Crippen LogP contribution in [0.4, 0.5) is 0 Å². The fraction of sp³-hybridized carbons (Fsp3) is 1.00. The van der Waals surface area contributed by atoms with Gasteiger partial charge in [0.05, 0.1) is 0 Å². The predicted octanol–water partition coefficient (Wildman–Crippen LogP) is 1.37. The highest BCUT2D eigenvalue weighted by Gasteiger charge is 2.13. The third-order valence-electron chi connectivity index (χ3n) is 1.60. The van der Waals surface area contributed by atoms with Crippen LogP contribution < -0.4 is 0 Å². The number of hydrogen-bond donors (Lipinski definition) is 1. The maximum Gasteiger partial charge on any atom is 0.0226 e. The van der Waals surface area contributed by atoms with E-state index in [9.17, 15) is 0 Å². The Morgan fingerprint density at radius 3 is 2.30 bits per heavy atom. The number of thiol groups is 1. The zero-order valence-electron chi connectivity index (χ0n) is 5.99. The molecule has 1 aliphatic heterocycles. The predicted molar refractivity (Wildman–Crippen MR) is 53.2 cm³/mol. The summed E-state index contributed by atoms with van der Waals surface area (Å²) in [5, 5.41) is 0. The second-order valence-corrected chi connectivity index (χ2v) is 5.43. The summed E-state index contributed by atoms with van der Waals surface area (Å²) in [5.74, 6) is 0. The molecule has 0 aromatic carbocycles. The summed E-state index contributed by atoms with van der Waals surface area (Å²) in [6.45, 7) is 4.69. The maximum absolute atomic E-state index is 4.08. The molecule has 5 heteroatoms. The molecule has 0 unspecified atom stereocenters. The third kappa shape index (κ3) is 2.92. The van der Waals surface area contributed by atoms with Gasteiger partial charge in [-0.25, -0.2) is 4.31 Å². The SMILES string of the molecule is CN1CCN(SSS)CC1. The second kappa shape index (κ2) is 4.77. The van der Waals surface area contributed by atoms with Crippen molar-refractivity contribution in [3.63, 3.8) is 0 Å². The van der Waals surface area contributed by atoms with Crippen molar-refractivity contribution < 1.29 is 0 Å². The van der Waals surface area contributed by atoms with Gasteiger partial charge >= 0.3 is 0 Å². The first-order chi connectivity index (χ1) is 4.83. The van der Waals surface area contributed by atoms with Gasteiger partial charge in [0.15, 0.2) is 0 Å². The molecule has 0 amide bonds. The monoisotopic (exact) mass is 196 g/mol. The summed E-state index contributed by atoms with van der Waals surface area (Å²) in [4.78, 5) is 2.35. The van der Waals surface area contributed by atoms with E-state index in [-0.39, 0.29) is 0 Å². The van der Waals surface area contributed by atoms with E-state index in [0.717, 1.165) is 13.1 Å². The Morgan fingerprint density at radius 2 is 1.80 bits per heavy atom. The maximum atomic E-state index is 4.08. The van der Waals surface area contributed by atoms with Crippen molar-refractivity contribution in [3.05, 3.63) is 0 Å². The van der Waals surface area contributed by atoms with Crippen LogP contribution in [0.3, 0.4) is 0 Å². The quantitative estimate of drug-likeness (QED) is 0.405. The van der Waals surface area contributed by atoms with E-state index >= 15 is 0 Å². The van der Waals surface area contributed by atoms with E-state index in [1.54, 1.807) is 11.0 Å². The van der Waals surface area contributed by atoms with Crippen molar-refractivity contribution in [1.29, 1.82) is 0 Å². The van der Waals surface area contributed by atoms with Crippen LogP contribution in [0.15, 0.2) is 0 Å². The molecule has 0 aromatic rings. The molecular weight excluding hydrogens is 184 g/mol. The molecule has 10 heavy (non-hydrogen) atoms. The van der Waals surface area contributed by atoms with E-state index < -0.39 is 0 Å². The van der Waals surface area contributed by atoms with Gasteiger partial charge < -0.3 is 4.90 Å². The van der Waals surface area contributed by atoms with Gasteiger partial charge in [0.1, 0.15) is 0 Å². The minimum absolute atomic E-state index is 1.16. The summed E-state index contributed by atoms with van der Waals surface area (Å²) in [5.41, 5.74) is 0.